The lowest BCUT2D eigenvalue weighted by atomic mass is 10.0. The normalized spacial score (nSPS) is 18.8. The number of hydrogen-bond acceptors (Lipinski definition) is 2. The summed E-state index contributed by atoms with van der Waals surface area (Å²) >= 11 is 0. The van der Waals surface area contributed by atoms with Crippen LogP contribution in [0.5, 0.6) is 0 Å². The molecular weight excluding hydrogens is 298 g/mol. The van der Waals surface area contributed by atoms with Gasteiger partial charge in [0.1, 0.15) is 12.4 Å². The molecule has 0 spiro atoms. The molecule has 3 rings (SSSR count). The summed E-state index contributed by atoms with van der Waals surface area (Å²) < 4.78 is 2.17. The molecule has 1 atom stereocenters. The number of hydrogen-bond donors (Lipinski definition) is 1. The van der Waals surface area contributed by atoms with E-state index in [0.717, 1.165) is 31.9 Å². The van der Waals surface area contributed by atoms with E-state index in [1.165, 1.54) is 18.4 Å². The molecule has 2 heterocycles. The lowest BCUT2D eigenvalue weighted by Gasteiger charge is -2.31. The van der Waals surface area contributed by atoms with Gasteiger partial charge in [0, 0.05) is 32.0 Å². The predicted molar refractivity (Wildman–Crippen MR) is 97.7 cm³/mol. The van der Waals surface area contributed by atoms with E-state index in [-0.39, 0.29) is 0 Å². The first kappa shape index (κ1) is 16.6. The highest BCUT2D eigenvalue weighted by Gasteiger charge is 2.17. The van der Waals surface area contributed by atoms with E-state index >= 15 is 0 Å². The molecule has 0 saturated carbocycles. The molecule has 1 aromatic heterocycles. The van der Waals surface area contributed by atoms with Gasteiger partial charge in [-0.1, -0.05) is 37.3 Å². The number of piperidine rings is 1. The highest BCUT2D eigenvalue weighted by molar-refractivity contribution is 5.78. The molecule has 2 N–H and O–H groups in total. The Labute approximate surface area is 144 Å². The van der Waals surface area contributed by atoms with E-state index < -0.39 is 0 Å². The van der Waals surface area contributed by atoms with E-state index in [9.17, 15) is 0 Å². The minimum atomic E-state index is 0.540. The number of benzene rings is 1. The lowest BCUT2D eigenvalue weighted by Crippen LogP contribution is -2.43. The summed E-state index contributed by atoms with van der Waals surface area (Å²) in [4.78, 5) is 11.2. The molecule has 0 amide bonds. The van der Waals surface area contributed by atoms with Gasteiger partial charge < -0.3 is 15.2 Å². The summed E-state index contributed by atoms with van der Waals surface area (Å²) in [5.41, 5.74) is 7.52. The average Bonchev–Trinajstić information content (AvgIpc) is 3.06. The highest BCUT2D eigenvalue weighted by atomic mass is 15.3. The Morgan fingerprint density at radius 3 is 2.96 bits per heavy atom. The van der Waals surface area contributed by atoms with Crippen LogP contribution in [-0.4, -0.2) is 33.5 Å². The molecule has 128 valence electrons. The van der Waals surface area contributed by atoms with Crippen molar-refractivity contribution in [3.8, 4) is 0 Å². The maximum Gasteiger partial charge on any atom is 0.191 e. The third kappa shape index (κ3) is 4.37. The van der Waals surface area contributed by atoms with E-state index in [0.29, 0.717) is 18.4 Å². The van der Waals surface area contributed by atoms with Crippen LogP contribution in [0.25, 0.3) is 0 Å². The van der Waals surface area contributed by atoms with Gasteiger partial charge in [-0.3, -0.25) is 0 Å². The molecule has 0 aliphatic carbocycles. The van der Waals surface area contributed by atoms with Gasteiger partial charge in [0.15, 0.2) is 5.96 Å². The van der Waals surface area contributed by atoms with E-state index in [2.05, 4.69) is 50.6 Å². The molecular formula is C19H27N5. The fraction of sp³-hybridized carbons (Fsp3) is 0.474. The van der Waals surface area contributed by atoms with Crippen LogP contribution in [0.15, 0.2) is 47.7 Å². The molecule has 1 aliphatic rings. The van der Waals surface area contributed by atoms with Crippen molar-refractivity contribution in [2.24, 2.45) is 16.6 Å². The number of nitrogens with two attached hydrogens (primary N) is 1. The lowest BCUT2D eigenvalue weighted by molar-refractivity contribution is 0.270. The second-order valence-electron chi connectivity index (χ2n) is 6.64. The van der Waals surface area contributed by atoms with Crippen molar-refractivity contribution in [3.63, 3.8) is 0 Å². The van der Waals surface area contributed by atoms with Crippen LogP contribution in [-0.2, 0) is 19.5 Å². The summed E-state index contributed by atoms with van der Waals surface area (Å²) in [6, 6.07) is 10.5. The molecule has 5 heteroatoms. The number of likely N-dealkylation sites (tertiary alicyclic amines) is 1. The van der Waals surface area contributed by atoms with Gasteiger partial charge in [-0.05, 0) is 30.7 Å². The summed E-state index contributed by atoms with van der Waals surface area (Å²) in [7, 11) is 0. The molecule has 5 nitrogen and oxygen atoms in total. The van der Waals surface area contributed by atoms with Crippen LogP contribution in [0.4, 0.5) is 0 Å². The standard InChI is InChI=1S/C19H27N5/c1-16-6-5-11-24(15-16)19(20)22-14-18-21-10-13-23(18)12-9-17-7-3-2-4-8-17/h2-4,7-8,10,13,16H,5-6,9,11-12,14-15H2,1H3,(H2,20,22). The predicted octanol–water partition coefficient (Wildman–Crippen LogP) is 2.67. The van der Waals surface area contributed by atoms with Gasteiger partial charge in [-0.15, -0.1) is 0 Å². The Morgan fingerprint density at radius 1 is 1.33 bits per heavy atom. The molecule has 24 heavy (non-hydrogen) atoms. The van der Waals surface area contributed by atoms with Crippen molar-refractivity contribution in [3.05, 3.63) is 54.1 Å². The first-order valence-corrected chi connectivity index (χ1v) is 8.81. The van der Waals surface area contributed by atoms with Crippen molar-refractivity contribution in [2.45, 2.75) is 39.3 Å². The van der Waals surface area contributed by atoms with Crippen LogP contribution >= 0.6 is 0 Å². The number of imidazole rings is 1. The Bertz CT molecular complexity index is 661. The summed E-state index contributed by atoms with van der Waals surface area (Å²) in [5, 5.41) is 0. The third-order valence-corrected chi connectivity index (χ3v) is 4.65. The molecule has 2 aromatic rings. The van der Waals surface area contributed by atoms with Gasteiger partial charge in [0.05, 0.1) is 0 Å². The van der Waals surface area contributed by atoms with Crippen LogP contribution in [0.3, 0.4) is 0 Å². The second-order valence-corrected chi connectivity index (χ2v) is 6.64. The monoisotopic (exact) mass is 325 g/mol. The Hall–Kier alpha value is -2.30. The van der Waals surface area contributed by atoms with Gasteiger partial charge in [0.2, 0.25) is 0 Å². The highest BCUT2D eigenvalue weighted by Crippen LogP contribution is 2.15. The molecule has 1 aliphatic heterocycles. The molecule has 1 fully saturated rings. The first-order valence-electron chi connectivity index (χ1n) is 8.81. The Balaban J connectivity index is 1.57. The van der Waals surface area contributed by atoms with Crippen LogP contribution < -0.4 is 5.73 Å². The van der Waals surface area contributed by atoms with Gasteiger partial charge in [-0.25, -0.2) is 9.98 Å². The third-order valence-electron chi connectivity index (χ3n) is 4.65. The first-order chi connectivity index (χ1) is 11.7. The van der Waals surface area contributed by atoms with E-state index in [1.807, 2.05) is 18.5 Å². The van der Waals surface area contributed by atoms with Crippen molar-refractivity contribution in [1.82, 2.24) is 14.5 Å². The zero-order valence-corrected chi connectivity index (χ0v) is 14.4. The van der Waals surface area contributed by atoms with Crippen molar-refractivity contribution in [2.75, 3.05) is 13.1 Å². The molecule has 1 saturated heterocycles. The van der Waals surface area contributed by atoms with Gasteiger partial charge >= 0.3 is 0 Å². The summed E-state index contributed by atoms with van der Waals surface area (Å²) in [5.74, 6) is 2.32. The number of aliphatic imine (C=N–C) groups is 1. The molecule has 1 aromatic carbocycles. The summed E-state index contributed by atoms with van der Waals surface area (Å²) in [6.07, 6.45) is 7.34. The maximum absolute atomic E-state index is 6.18. The smallest absolute Gasteiger partial charge is 0.191 e. The van der Waals surface area contributed by atoms with Crippen molar-refractivity contribution in [1.29, 1.82) is 0 Å². The average molecular weight is 325 g/mol. The number of guanidine groups is 1. The van der Waals surface area contributed by atoms with Gasteiger partial charge in [0.25, 0.3) is 0 Å². The zero-order chi connectivity index (χ0) is 16.8. The summed E-state index contributed by atoms with van der Waals surface area (Å²) in [6.45, 7) is 5.75. The Morgan fingerprint density at radius 2 is 2.17 bits per heavy atom. The minimum absolute atomic E-state index is 0.540. The molecule has 0 bridgehead atoms. The quantitative estimate of drug-likeness (QED) is 0.679. The minimum Gasteiger partial charge on any atom is -0.370 e. The van der Waals surface area contributed by atoms with Gasteiger partial charge in [-0.2, -0.15) is 0 Å². The van der Waals surface area contributed by atoms with Crippen LogP contribution in [0, 0.1) is 5.92 Å². The van der Waals surface area contributed by atoms with Crippen LogP contribution in [0.2, 0.25) is 0 Å². The Kier molecular flexibility index (Phi) is 5.51. The van der Waals surface area contributed by atoms with E-state index in [1.54, 1.807) is 0 Å². The molecule has 0 radical (unpaired) electrons. The van der Waals surface area contributed by atoms with Crippen LogP contribution in [0.1, 0.15) is 31.2 Å². The topological polar surface area (TPSA) is 59.4 Å². The number of aromatic nitrogens is 2. The largest absolute Gasteiger partial charge is 0.370 e. The van der Waals surface area contributed by atoms with E-state index in [4.69, 9.17) is 5.73 Å². The maximum atomic E-state index is 6.18. The fourth-order valence-electron chi connectivity index (χ4n) is 3.24. The fourth-order valence-corrected chi connectivity index (χ4v) is 3.24. The SMILES string of the molecule is CC1CCCN(C(N)=NCc2nccn2CCc2ccccc2)C1. The zero-order valence-electron chi connectivity index (χ0n) is 14.4. The van der Waals surface area contributed by atoms with Crippen molar-refractivity contribution < 1.29 is 0 Å². The second kappa shape index (κ2) is 7.99. The number of aryl methyl sites for hydroxylation is 2. The van der Waals surface area contributed by atoms with Crippen molar-refractivity contribution >= 4 is 5.96 Å². The number of rotatable bonds is 5. The number of nitrogens with zero attached hydrogens (tertiary/aromatic N) is 4. The molecule has 1 unspecified atom stereocenters.